The summed E-state index contributed by atoms with van der Waals surface area (Å²) in [5.74, 6) is 0.950. The second-order valence-corrected chi connectivity index (χ2v) is 7.86. The van der Waals surface area contributed by atoms with Crippen LogP contribution in [-0.4, -0.2) is 38.8 Å². The second kappa shape index (κ2) is 8.70. The Morgan fingerprint density at radius 2 is 2.04 bits per heavy atom. The van der Waals surface area contributed by atoms with Gasteiger partial charge in [0.2, 0.25) is 0 Å². The highest BCUT2D eigenvalue weighted by atomic mass is 32.1. The number of rotatable bonds is 7. The van der Waals surface area contributed by atoms with Crippen molar-refractivity contribution in [3.8, 4) is 5.75 Å². The molecule has 0 amide bonds. The Kier molecular flexibility index (Phi) is 6.34. The summed E-state index contributed by atoms with van der Waals surface area (Å²) in [6.07, 6.45) is 1.06. The van der Waals surface area contributed by atoms with Crippen molar-refractivity contribution >= 4 is 17.0 Å². The molecule has 25 heavy (non-hydrogen) atoms. The molecule has 4 nitrogen and oxygen atoms in total. The number of thiophene rings is 1. The maximum atomic E-state index is 6.37. The number of anilines is 1. The summed E-state index contributed by atoms with van der Waals surface area (Å²) in [5, 5.41) is 8.93. The predicted octanol–water partition coefficient (Wildman–Crippen LogP) is 3.66. The van der Waals surface area contributed by atoms with Gasteiger partial charge in [0, 0.05) is 48.2 Å². The summed E-state index contributed by atoms with van der Waals surface area (Å²) < 4.78 is 6.37. The minimum Gasteiger partial charge on any atom is -0.485 e. The Balaban J connectivity index is 1.73. The van der Waals surface area contributed by atoms with E-state index in [0.29, 0.717) is 12.1 Å². The number of benzene rings is 1. The molecule has 1 aromatic carbocycles. The summed E-state index contributed by atoms with van der Waals surface area (Å²) in [6.45, 7) is 7.49. The molecule has 0 spiro atoms. The van der Waals surface area contributed by atoms with Crippen molar-refractivity contribution in [1.82, 2.24) is 10.6 Å². The summed E-state index contributed by atoms with van der Waals surface area (Å²) in [6, 6.07) is 13.8. The lowest BCUT2D eigenvalue weighted by atomic mass is 10.1. The Hall–Kier alpha value is -1.56. The largest absolute Gasteiger partial charge is 0.485 e. The van der Waals surface area contributed by atoms with E-state index in [-0.39, 0.29) is 6.10 Å². The van der Waals surface area contributed by atoms with Crippen LogP contribution < -0.4 is 20.3 Å². The third kappa shape index (κ3) is 4.97. The summed E-state index contributed by atoms with van der Waals surface area (Å²) in [5.41, 5.74) is 1.25. The topological polar surface area (TPSA) is 36.5 Å². The smallest absolute Gasteiger partial charge is 0.134 e. The van der Waals surface area contributed by atoms with Crippen molar-refractivity contribution in [3.05, 3.63) is 46.7 Å². The minimum atomic E-state index is 0.101. The number of hydrogen-bond donors (Lipinski definition) is 2. The zero-order chi connectivity index (χ0) is 17.6. The van der Waals surface area contributed by atoms with Gasteiger partial charge in [0.05, 0.1) is 0 Å². The van der Waals surface area contributed by atoms with Gasteiger partial charge in [-0.3, -0.25) is 0 Å². The molecule has 0 saturated carbocycles. The van der Waals surface area contributed by atoms with Crippen LogP contribution in [0.15, 0.2) is 41.8 Å². The van der Waals surface area contributed by atoms with Crippen molar-refractivity contribution in [3.63, 3.8) is 0 Å². The van der Waals surface area contributed by atoms with E-state index in [9.17, 15) is 0 Å². The van der Waals surface area contributed by atoms with Gasteiger partial charge in [-0.15, -0.1) is 11.3 Å². The van der Waals surface area contributed by atoms with E-state index in [1.54, 1.807) is 11.3 Å². The molecule has 1 saturated heterocycles. The number of nitrogens with one attached hydrogen (secondary N) is 2. The molecule has 3 rings (SSSR count). The third-order valence-corrected chi connectivity index (χ3v) is 5.50. The average Bonchev–Trinajstić information content (AvgIpc) is 3.12. The van der Waals surface area contributed by atoms with Crippen LogP contribution in [0.3, 0.4) is 0 Å². The fourth-order valence-electron chi connectivity index (χ4n) is 3.46. The van der Waals surface area contributed by atoms with E-state index in [2.05, 4.69) is 71.2 Å². The van der Waals surface area contributed by atoms with Gasteiger partial charge in [-0.2, -0.15) is 0 Å². The molecule has 136 valence electrons. The number of piperazine rings is 1. The SMILES string of the molecule is CNCCC(Oc1cccc(N2C[C@@H](C)N[C@@H](C)C2)c1)c1cccs1. The molecule has 5 heteroatoms. The first-order valence-electron chi connectivity index (χ1n) is 9.11. The van der Waals surface area contributed by atoms with E-state index in [1.165, 1.54) is 10.6 Å². The molecule has 2 heterocycles. The Labute approximate surface area is 155 Å². The average molecular weight is 360 g/mol. The van der Waals surface area contributed by atoms with E-state index >= 15 is 0 Å². The van der Waals surface area contributed by atoms with E-state index < -0.39 is 0 Å². The molecule has 0 aliphatic carbocycles. The Morgan fingerprint density at radius 1 is 1.24 bits per heavy atom. The Bertz CT molecular complexity index is 636. The molecule has 1 aliphatic rings. The van der Waals surface area contributed by atoms with Crippen molar-refractivity contribution in [1.29, 1.82) is 0 Å². The van der Waals surface area contributed by atoms with Crippen LogP contribution in [0.1, 0.15) is 31.2 Å². The lowest BCUT2D eigenvalue weighted by Crippen LogP contribution is -2.54. The third-order valence-electron chi connectivity index (χ3n) is 4.54. The van der Waals surface area contributed by atoms with Crippen molar-refractivity contribution in [2.75, 3.05) is 31.6 Å². The molecule has 1 fully saturated rings. The van der Waals surface area contributed by atoms with Crippen LogP contribution in [0.25, 0.3) is 0 Å². The van der Waals surface area contributed by atoms with Gasteiger partial charge in [-0.25, -0.2) is 0 Å². The second-order valence-electron chi connectivity index (χ2n) is 6.89. The molecule has 2 N–H and O–H groups in total. The summed E-state index contributed by atoms with van der Waals surface area (Å²) >= 11 is 1.76. The van der Waals surface area contributed by atoms with Gasteiger partial charge in [0.25, 0.3) is 0 Å². The molecule has 0 radical (unpaired) electrons. The minimum absolute atomic E-state index is 0.101. The van der Waals surface area contributed by atoms with Crippen LogP contribution in [0.5, 0.6) is 5.75 Å². The molecule has 1 unspecified atom stereocenters. The first-order valence-corrected chi connectivity index (χ1v) is 9.99. The van der Waals surface area contributed by atoms with Gasteiger partial charge < -0.3 is 20.3 Å². The van der Waals surface area contributed by atoms with Crippen LogP contribution >= 0.6 is 11.3 Å². The molecule has 0 bridgehead atoms. The standard InChI is InChI=1S/C20H29N3OS/c1-15-13-23(14-16(2)22-15)17-6-4-7-18(12-17)24-19(9-10-21-3)20-8-5-11-25-20/h4-8,11-12,15-16,19,21-22H,9-10,13-14H2,1-3H3/t15-,16+,19?. The summed E-state index contributed by atoms with van der Waals surface area (Å²) in [4.78, 5) is 3.73. The van der Waals surface area contributed by atoms with E-state index in [0.717, 1.165) is 31.8 Å². The lowest BCUT2D eigenvalue weighted by molar-refractivity contribution is 0.198. The highest BCUT2D eigenvalue weighted by Gasteiger charge is 2.22. The first kappa shape index (κ1) is 18.2. The molecule has 1 aliphatic heterocycles. The fourth-order valence-corrected chi connectivity index (χ4v) is 4.25. The van der Waals surface area contributed by atoms with E-state index in [1.807, 2.05) is 7.05 Å². The van der Waals surface area contributed by atoms with Gasteiger partial charge in [0.1, 0.15) is 11.9 Å². The lowest BCUT2D eigenvalue weighted by Gasteiger charge is -2.37. The van der Waals surface area contributed by atoms with Gasteiger partial charge >= 0.3 is 0 Å². The van der Waals surface area contributed by atoms with Crippen molar-refractivity contribution < 1.29 is 4.74 Å². The number of ether oxygens (including phenoxy) is 1. The normalized spacial score (nSPS) is 22.0. The maximum Gasteiger partial charge on any atom is 0.134 e. The van der Waals surface area contributed by atoms with Crippen molar-refractivity contribution in [2.45, 2.75) is 38.5 Å². The fraction of sp³-hybridized carbons (Fsp3) is 0.500. The predicted molar refractivity (Wildman–Crippen MR) is 107 cm³/mol. The van der Waals surface area contributed by atoms with Crippen LogP contribution in [0, 0.1) is 0 Å². The maximum absolute atomic E-state index is 6.37. The molecule has 3 atom stereocenters. The molecule has 2 aromatic rings. The van der Waals surface area contributed by atoms with E-state index in [4.69, 9.17) is 4.74 Å². The molecule has 1 aromatic heterocycles. The molecular weight excluding hydrogens is 330 g/mol. The molecular formula is C20H29N3OS. The quantitative estimate of drug-likeness (QED) is 0.791. The Morgan fingerprint density at radius 3 is 2.72 bits per heavy atom. The number of hydrogen-bond acceptors (Lipinski definition) is 5. The highest BCUT2D eigenvalue weighted by Crippen LogP contribution is 2.30. The van der Waals surface area contributed by atoms with Crippen LogP contribution in [0.4, 0.5) is 5.69 Å². The summed E-state index contributed by atoms with van der Waals surface area (Å²) in [7, 11) is 1.98. The zero-order valence-electron chi connectivity index (χ0n) is 15.4. The monoisotopic (exact) mass is 359 g/mol. The highest BCUT2D eigenvalue weighted by molar-refractivity contribution is 7.10. The van der Waals surface area contributed by atoms with Gasteiger partial charge in [0.15, 0.2) is 0 Å². The van der Waals surface area contributed by atoms with Crippen LogP contribution in [-0.2, 0) is 0 Å². The van der Waals surface area contributed by atoms with Gasteiger partial charge in [-0.1, -0.05) is 12.1 Å². The van der Waals surface area contributed by atoms with Gasteiger partial charge in [-0.05, 0) is 51.0 Å². The number of nitrogens with zero attached hydrogens (tertiary/aromatic N) is 1. The van der Waals surface area contributed by atoms with Crippen LogP contribution in [0.2, 0.25) is 0 Å². The zero-order valence-corrected chi connectivity index (χ0v) is 16.2. The first-order chi connectivity index (χ1) is 12.2. The van der Waals surface area contributed by atoms with Crippen molar-refractivity contribution in [2.24, 2.45) is 0 Å².